The number of hydrogen-bond acceptors (Lipinski definition) is 6. The van der Waals surface area contributed by atoms with Crippen molar-refractivity contribution in [3.05, 3.63) is 58.2 Å². The standard InChI is InChI=1S/C32H36N4O4S/c1-31(2,39)12-11-19-9-10-24-23(17-34-36(24)26(19)18-7-8-18)30(38)35-20-13-32(14-20)15-21(16-32)40-27-22-5-3-4-6-25(22)41-28(27)29(33)37/h3-6,9-10,17-18,20-21,23,39H,7-8,11-16H2,1-2H3,(H2-,33,35,37,38)/p+1. The highest BCUT2D eigenvalue weighted by atomic mass is 32.1. The van der Waals surface area contributed by atoms with Crippen molar-refractivity contribution in [1.82, 2.24) is 5.32 Å². The number of thiophene rings is 1. The number of nitrogens with one attached hydrogen (secondary N) is 1. The number of ether oxygens (including phenoxy) is 1. The molecular formula is C32H37N4O4S+. The van der Waals surface area contributed by atoms with E-state index >= 15 is 0 Å². The molecule has 2 aromatic heterocycles. The maximum Gasteiger partial charge on any atom is 0.262 e. The largest absolute Gasteiger partial charge is 0.488 e. The number of aliphatic hydroxyl groups is 1. The molecule has 1 aliphatic heterocycles. The van der Waals surface area contributed by atoms with Crippen LogP contribution in [0.2, 0.25) is 0 Å². The van der Waals surface area contributed by atoms with E-state index in [9.17, 15) is 14.7 Å². The van der Waals surface area contributed by atoms with Gasteiger partial charge in [0.2, 0.25) is 17.3 Å². The number of primary amides is 1. The van der Waals surface area contributed by atoms with Gasteiger partial charge >= 0.3 is 0 Å². The Balaban J connectivity index is 0.961. The lowest BCUT2D eigenvalue weighted by molar-refractivity contribution is -0.688. The SMILES string of the molecule is CC(C)(O)CCc1ccc2[n+](c1C1CC1)N=CC2C(=O)NC1CC2(C1)CC(Oc1c(C(N)=O)sc3ccccc13)C2. The van der Waals surface area contributed by atoms with Crippen molar-refractivity contribution >= 4 is 39.5 Å². The molecule has 3 aliphatic carbocycles. The molecule has 2 amide bonds. The predicted molar refractivity (Wildman–Crippen MR) is 157 cm³/mol. The summed E-state index contributed by atoms with van der Waals surface area (Å²) in [6.07, 6.45) is 9.33. The van der Waals surface area contributed by atoms with Gasteiger partial charge in [0.15, 0.2) is 11.7 Å². The van der Waals surface area contributed by atoms with E-state index in [2.05, 4.69) is 16.5 Å². The van der Waals surface area contributed by atoms with Crippen LogP contribution in [0.15, 0.2) is 41.5 Å². The van der Waals surface area contributed by atoms with Crippen LogP contribution in [-0.2, 0) is 11.2 Å². The fraction of sp³-hybridized carbons (Fsp3) is 0.500. The van der Waals surface area contributed by atoms with Gasteiger partial charge in [0.1, 0.15) is 4.88 Å². The Morgan fingerprint density at radius 2 is 1.93 bits per heavy atom. The van der Waals surface area contributed by atoms with Crippen molar-refractivity contribution in [2.75, 3.05) is 0 Å². The van der Waals surface area contributed by atoms with Crippen LogP contribution in [0.1, 0.15) is 97.3 Å². The second kappa shape index (κ2) is 9.63. The van der Waals surface area contributed by atoms with Gasteiger partial charge in [-0.3, -0.25) is 9.59 Å². The number of amides is 2. The lowest BCUT2D eigenvalue weighted by Gasteiger charge is -2.57. The Labute approximate surface area is 243 Å². The van der Waals surface area contributed by atoms with Gasteiger partial charge in [-0.15, -0.1) is 11.3 Å². The van der Waals surface area contributed by atoms with Crippen LogP contribution in [0.5, 0.6) is 5.75 Å². The first kappa shape index (κ1) is 26.6. The highest BCUT2D eigenvalue weighted by molar-refractivity contribution is 7.21. The van der Waals surface area contributed by atoms with Crippen LogP contribution in [-0.4, -0.2) is 40.9 Å². The van der Waals surface area contributed by atoms with Crippen molar-refractivity contribution in [2.45, 2.75) is 94.8 Å². The third-order valence-electron chi connectivity index (χ3n) is 9.24. The number of benzene rings is 1. The first-order valence-corrected chi connectivity index (χ1v) is 15.5. The zero-order valence-electron chi connectivity index (χ0n) is 23.6. The molecule has 9 heteroatoms. The normalized spacial score (nSPS) is 26.5. The van der Waals surface area contributed by atoms with Crippen LogP contribution < -0.4 is 20.5 Å². The Bertz CT molecular complexity index is 1570. The fourth-order valence-electron chi connectivity index (χ4n) is 7.01. The van der Waals surface area contributed by atoms with Gasteiger partial charge in [0, 0.05) is 33.7 Å². The smallest absolute Gasteiger partial charge is 0.262 e. The zero-order chi connectivity index (χ0) is 28.5. The summed E-state index contributed by atoms with van der Waals surface area (Å²) < 4.78 is 9.33. The number of pyridine rings is 1. The van der Waals surface area contributed by atoms with E-state index in [0.29, 0.717) is 23.0 Å². The number of hydrogen-bond donors (Lipinski definition) is 3. The summed E-state index contributed by atoms with van der Waals surface area (Å²) in [5.41, 5.74) is 8.48. The molecule has 1 atom stereocenters. The number of carbonyl (C=O) groups excluding carboxylic acids is 2. The molecule has 3 saturated carbocycles. The molecule has 7 rings (SSSR count). The van der Waals surface area contributed by atoms with Gasteiger partial charge in [-0.05, 0) is 93.9 Å². The molecular weight excluding hydrogens is 536 g/mol. The summed E-state index contributed by atoms with van der Waals surface area (Å²) in [4.78, 5) is 25.9. The van der Waals surface area contributed by atoms with Crippen LogP contribution in [0, 0.1) is 5.41 Å². The molecule has 0 radical (unpaired) electrons. The second-order valence-electron chi connectivity index (χ2n) is 13.2. The number of rotatable bonds is 9. The Morgan fingerprint density at radius 1 is 1.17 bits per heavy atom. The Morgan fingerprint density at radius 3 is 2.63 bits per heavy atom. The van der Waals surface area contributed by atoms with Crippen molar-refractivity contribution in [3.8, 4) is 5.75 Å². The van der Waals surface area contributed by atoms with Crippen molar-refractivity contribution in [2.24, 2.45) is 16.3 Å². The maximum atomic E-state index is 13.4. The molecule has 4 aliphatic rings. The topological polar surface area (TPSA) is 118 Å². The molecule has 3 aromatic rings. The fourth-order valence-corrected chi connectivity index (χ4v) is 7.99. The van der Waals surface area contributed by atoms with Crippen LogP contribution in [0.3, 0.4) is 0 Å². The molecule has 3 heterocycles. The molecule has 1 unspecified atom stereocenters. The van der Waals surface area contributed by atoms with Crippen LogP contribution in [0.4, 0.5) is 0 Å². The number of nitrogens with two attached hydrogens (primary N) is 1. The molecule has 3 fully saturated rings. The van der Waals surface area contributed by atoms with Crippen LogP contribution >= 0.6 is 11.3 Å². The summed E-state index contributed by atoms with van der Waals surface area (Å²) in [5, 5.41) is 19.1. The minimum Gasteiger partial charge on any atom is -0.488 e. The van der Waals surface area contributed by atoms with Crippen molar-refractivity contribution in [3.63, 3.8) is 0 Å². The maximum absolute atomic E-state index is 13.4. The summed E-state index contributed by atoms with van der Waals surface area (Å²) in [7, 11) is 0. The van der Waals surface area contributed by atoms with E-state index < -0.39 is 11.5 Å². The molecule has 1 spiro atoms. The van der Waals surface area contributed by atoms with E-state index in [1.165, 1.54) is 22.6 Å². The van der Waals surface area contributed by atoms with Crippen molar-refractivity contribution < 1.29 is 24.1 Å². The average Bonchev–Trinajstić information content (AvgIpc) is 3.51. The lowest BCUT2D eigenvalue weighted by Crippen LogP contribution is -2.59. The van der Waals surface area contributed by atoms with Gasteiger partial charge in [-0.2, -0.15) is 0 Å². The molecule has 0 bridgehead atoms. The number of aromatic nitrogens is 1. The highest BCUT2D eigenvalue weighted by Crippen LogP contribution is 2.57. The first-order chi connectivity index (χ1) is 19.6. The van der Waals surface area contributed by atoms with Gasteiger partial charge in [0.05, 0.1) is 17.9 Å². The minimum atomic E-state index is -0.715. The quantitative estimate of drug-likeness (QED) is 0.331. The van der Waals surface area contributed by atoms with E-state index in [4.69, 9.17) is 10.5 Å². The summed E-state index contributed by atoms with van der Waals surface area (Å²) in [6, 6.07) is 12.2. The molecule has 214 valence electrons. The molecule has 8 nitrogen and oxygen atoms in total. The molecule has 4 N–H and O–H groups in total. The number of carbonyl (C=O) groups is 2. The van der Waals surface area contributed by atoms with Gasteiger partial charge < -0.3 is 20.9 Å². The zero-order valence-corrected chi connectivity index (χ0v) is 24.4. The minimum absolute atomic E-state index is 0.00815. The van der Waals surface area contributed by atoms with E-state index in [1.54, 1.807) is 6.21 Å². The Kier molecular flexibility index (Phi) is 6.24. The molecule has 41 heavy (non-hydrogen) atoms. The van der Waals surface area contributed by atoms with Gasteiger partial charge in [0.25, 0.3) is 5.91 Å². The predicted octanol–water partition coefficient (Wildman–Crippen LogP) is 4.31. The highest BCUT2D eigenvalue weighted by Gasteiger charge is 2.55. The van der Waals surface area contributed by atoms with Gasteiger partial charge in [-0.25, -0.2) is 0 Å². The molecule has 1 aromatic carbocycles. The van der Waals surface area contributed by atoms with E-state index in [1.807, 2.05) is 48.9 Å². The summed E-state index contributed by atoms with van der Waals surface area (Å²) in [6.45, 7) is 3.69. The van der Waals surface area contributed by atoms with E-state index in [-0.39, 0.29) is 29.4 Å². The third-order valence-corrected chi connectivity index (χ3v) is 10.4. The van der Waals surface area contributed by atoms with Crippen molar-refractivity contribution in [1.29, 1.82) is 0 Å². The number of nitrogens with zero attached hydrogens (tertiary/aromatic N) is 2. The molecule has 0 saturated heterocycles. The van der Waals surface area contributed by atoms with Gasteiger partial charge in [-0.1, -0.05) is 16.8 Å². The second-order valence-corrected chi connectivity index (χ2v) is 14.2. The summed E-state index contributed by atoms with van der Waals surface area (Å²) >= 11 is 1.38. The lowest BCUT2D eigenvalue weighted by atomic mass is 9.53. The first-order valence-electron chi connectivity index (χ1n) is 14.7. The monoisotopic (exact) mass is 573 g/mol. The summed E-state index contributed by atoms with van der Waals surface area (Å²) in [5.74, 6) is 0.272. The van der Waals surface area contributed by atoms with E-state index in [0.717, 1.165) is 60.7 Å². The third kappa shape index (κ3) is 4.93. The Hall–Kier alpha value is -3.30. The number of aryl methyl sites for hydroxylation is 1. The average molecular weight is 574 g/mol. The van der Waals surface area contributed by atoms with Crippen LogP contribution in [0.25, 0.3) is 10.1 Å². The number of fused-ring (bicyclic) bond motifs is 2.